The largest absolute Gasteiger partial charge is 0.316 e. The summed E-state index contributed by atoms with van der Waals surface area (Å²) in [7, 11) is 0. The number of rotatable bonds is 5. The predicted octanol–water partition coefficient (Wildman–Crippen LogP) is 4.12. The van der Waals surface area contributed by atoms with E-state index in [0.29, 0.717) is 5.92 Å². The van der Waals surface area contributed by atoms with E-state index in [0.717, 1.165) is 19.0 Å². The summed E-state index contributed by atoms with van der Waals surface area (Å²) in [5.74, 6) is 1.45. The average Bonchev–Trinajstić information content (AvgIpc) is 2.95. The van der Waals surface area contributed by atoms with Gasteiger partial charge in [0.2, 0.25) is 0 Å². The SMILES string of the molecule is CCCNCC1CCCC1c1cncc2ccccc12. The molecule has 0 aliphatic heterocycles. The van der Waals surface area contributed by atoms with Crippen LogP contribution in [0.5, 0.6) is 0 Å². The molecule has 2 atom stereocenters. The molecule has 1 aliphatic carbocycles. The number of nitrogens with zero attached hydrogens (tertiary/aromatic N) is 1. The number of nitrogens with one attached hydrogen (secondary N) is 1. The Kier molecular flexibility index (Phi) is 4.31. The zero-order chi connectivity index (χ0) is 13.8. The van der Waals surface area contributed by atoms with Crippen molar-refractivity contribution in [3.8, 4) is 0 Å². The van der Waals surface area contributed by atoms with Gasteiger partial charge in [-0.1, -0.05) is 37.6 Å². The highest BCUT2D eigenvalue weighted by molar-refractivity contribution is 5.85. The van der Waals surface area contributed by atoms with Crippen molar-refractivity contribution >= 4 is 10.8 Å². The van der Waals surface area contributed by atoms with Crippen molar-refractivity contribution in [3.63, 3.8) is 0 Å². The van der Waals surface area contributed by atoms with Crippen molar-refractivity contribution < 1.29 is 0 Å². The molecular weight excluding hydrogens is 244 g/mol. The van der Waals surface area contributed by atoms with Crippen LogP contribution in [-0.4, -0.2) is 18.1 Å². The van der Waals surface area contributed by atoms with Crippen LogP contribution < -0.4 is 5.32 Å². The third-order valence-corrected chi connectivity index (χ3v) is 4.59. The fourth-order valence-corrected chi connectivity index (χ4v) is 3.59. The number of aromatic nitrogens is 1. The van der Waals surface area contributed by atoms with Crippen LogP contribution in [0.15, 0.2) is 36.7 Å². The first-order chi connectivity index (χ1) is 9.90. The van der Waals surface area contributed by atoms with Gasteiger partial charge in [-0.2, -0.15) is 0 Å². The Morgan fingerprint density at radius 3 is 3.00 bits per heavy atom. The number of hydrogen-bond donors (Lipinski definition) is 1. The Hall–Kier alpha value is -1.41. The topological polar surface area (TPSA) is 24.9 Å². The molecule has 0 bridgehead atoms. The van der Waals surface area contributed by atoms with Crippen LogP contribution in [0.2, 0.25) is 0 Å². The molecule has 0 radical (unpaired) electrons. The van der Waals surface area contributed by atoms with Gasteiger partial charge in [0, 0.05) is 17.8 Å². The maximum Gasteiger partial charge on any atom is 0.0346 e. The van der Waals surface area contributed by atoms with Gasteiger partial charge in [-0.05, 0) is 55.1 Å². The number of hydrogen-bond acceptors (Lipinski definition) is 2. The summed E-state index contributed by atoms with van der Waals surface area (Å²) < 4.78 is 0. The van der Waals surface area contributed by atoms with Crippen LogP contribution in [0.4, 0.5) is 0 Å². The van der Waals surface area contributed by atoms with Crippen molar-refractivity contribution in [2.24, 2.45) is 5.92 Å². The highest BCUT2D eigenvalue weighted by atomic mass is 14.9. The average molecular weight is 268 g/mol. The van der Waals surface area contributed by atoms with Gasteiger partial charge >= 0.3 is 0 Å². The van der Waals surface area contributed by atoms with Crippen molar-refractivity contribution in [1.82, 2.24) is 10.3 Å². The zero-order valence-corrected chi connectivity index (χ0v) is 12.3. The van der Waals surface area contributed by atoms with Gasteiger partial charge in [0.05, 0.1) is 0 Å². The summed E-state index contributed by atoms with van der Waals surface area (Å²) in [5, 5.41) is 6.28. The number of pyridine rings is 1. The molecule has 2 nitrogen and oxygen atoms in total. The molecule has 2 heteroatoms. The van der Waals surface area contributed by atoms with E-state index in [-0.39, 0.29) is 0 Å². The quantitative estimate of drug-likeness (QED) is 0.825. The molecule has 1 aliphatic rings. The van der Waals surface area contributed by atoms with Gasteiger partial charge < -0.3 is 5.32 Å². The van der Waals surface area contributed by atoms with Crippen LogP contribution in [-0.2, 0) is 0 Å². The first kappa shape index (κ1) is 13.6. The molecule has 0 spiro atoms. The molecular formula is C18H24N2. The maximum atomic E-state index is 4.47. The highest BCUT2D eigenvalue weighted by Crippen LogP contribution is 2.41. The fraction of sp³-hybridized carbons (Fsp3) is 0.500. The van der Waals surface area contributed by atoms with Gasteiger partial charge in [-0.3, -0.25) is 4.98 Å². The minimum absolute atomic E-state index is 0.679. The lowest BCUT2D eigenvalue weighted by atomic mass is 9.87. The first-order valence-corrected chi connectivity index (χ1v) is 7.93. The molecule has 3 rings (SSSR count). The molecule has 1 aromatic heterocycles. The third-order valence-electron chi connectivity index (χ3n) is 4.59. The highest BCUT2D eigenvalue weighted by Gasteiger charge is 2.29. The second kappa shape index (κ2) is 6.36. The summed E-state index contributed by atoms with van der Waals surface area (Å²) in [4.78, 5) is 4.47. The Balaban J connectivity index is 1.86. The van der Waals surface area contributed by atoms with Crippen LogP contribution >= 0.6 is 0 Å². The van der Waals surface area contributed by atoms with Gasteiger partial charge in [0.15, 0.2) is 0 Å². The summed E-state index contributed by atoms with van der Waals surface area (Å²) in [6, 6.07) is 8.67. The molecule has 1 N–H and O–H groups in total. The Morgan fingerprint density at radius 2 is 2.10 bits per heavy atom. The lowest BCUT2D eigenvalue weighted by Gasteiger charge is -2.21. The number of benzene rings is 1. The second-order valence-corrected chi connectivity index (χ2v) is 5.95. The van der Waals surface area contributed by atoms with Crippen molar-refractivity contribution in [3.05, 3.63) is 42.2 Å². The lowest BCUT2D eigenvalue weighted by Crippen LogP contribution is -2.25. The van der Waals surface area contributed by atoms with E-state index in [4.69, 9.17) is 0 Å². The molecule has 2 aromatic rings. The number of fused-ring (bicyclic) bond motifs is 1. The molecule has 1 aromatic carbocycles. The van der Waals surface area contributed by atoms with E-state index in [1.165, 1.54) is 42.0 Å². The van der Waals surface area contributed by atoms with Crippen molar-refractivity contribution in [1.29, 1.82) is 0 Å². The summed E-state index contributed by atoms with van der Waals surface area (Å²) in [6.07, 6.45) is 9.32. The smallest absolute Gasteiger partial charge is 0.0346 e. The van der Waals surface area contributed by atoms with Crippen molar-refractivity contribution in [2.75, 3.05) is 13.1 Å². The van der Waals surface area contributed by atoms with Crippen LogP contribution in [0.25, 0.3) is 10.8 Å². The third kappa shape index (κ3) is 2.71. The minimum atomic E-state index is 0.679. The van der Waals surface area contributed by atoms with E-state index >= 15 is 0 Å². The van der Waals surface area contributed by atoms with Crippen LogP contribution in [0, 0.1) is 5.92 Å². The monoisotopic (exact) mass is 268 g/mol. The normalized spacial score (nSPS) is 22.4. The Bertz CT molecular complexity index is 559. The molecule has 1 fully saturated rings. The van der Waals surface area contributed by atoms with E-state index in [2.05, 4.69) is 47.7 Å². The molecule has 0 saturated heterocycles. The fourth-order valence-electron chi connectivity index (χ4n) is 3.59. The van der Waals surface area contributed by atoms with E-state index < -0.39 is 0 Å². The molecule has 1 saturated carbocycles. The maximum absolute atomic E-state index is 4.47. The summed E-state index contributed by atoms with van der Waals surface area (Å²) in [6.45, 7) is 4.52. The summed E-state index contributed by atoms with van der Waals surface area (Å²) in [5.41, 5.74) is 1.46. The van der Waals surface area contributed by atoms with Gasteiger partial charge in [0.25, 0.3) is 0 Å². The van der Waals surface area contributed by atoms with Gasteiger partial charge in [0.1, 0.15) is 0 Å². The minimum Gasteiger partial charge on any atom is -0.316 e. The van der Waals surface area contributed by atoms with Crippen LogP contribution in [0.3, 0.4) is 0 Å². The molecule has 1 heterocycles. The molecule has 20 heavy (non-hydrogen) atoms. The van der Waals surface area contributed by atoms with Crippen LogP contribution in [0.1, 0.15) is 44.1 Å². The first-order valence-electron chi connectivity index (χ1n) is 7.93. The van der Waals surface area contributed by atoms with Gasteiger partial charge in [-0.25, -0.2) is 0 Å². The molecule has 2 unspecified atom stereocenters. The zero-order valence-electron chi connectivity index (χ0n) is 12.3. The van der Waals surface area contributed by atoms with Crippen molar-refractivity contribution in [2.45, 2.75) is 38.5 Å². The second-order valence-electron chi connectivity index (χ2n) is 5.95. The van der Waals surface area contributed by atoms with Gasteiger partial charge in [-0.15, -0.1) is 0 Å². The lowest BCUT2D eigenvalue weighted by molar-refractivity contribution is 0.445. The predicted molar refractivity (Wildman–Crippen MR) is 85.0 cm³/mol. The standard InChI is InChI=1S/C18H24N2/c1-2-10-19-11-15-7-5-9-17(15)18-13-20-12-14-6-3-4-8-16(14)18/h3-4,6,8,12-13,15,17,19H,2,5,7,9-11H2,1H3. The van der Waals surface area contributed by atoms with E-state index in [1.54, 1.807) is 0 Å². The molecule has 106 valence electrons. The Morgan fingerprint density at radius 1 is 1.20 bits per heavy atom. The molecule has 0 amide bonds. The van der Waals surface area contributed by atoms with E-state index in [9.17, 15) is 0 Å². The Labute approximate surface area is 121 Å². The van der Waals surface area contributed by atoms with E-state index in [1.807, 2.05) is 6.20 Å². The summed E-state index contributed by atoms with van der Waals surface area (Å²) >= 11 is 0.